The third kappa shape index (κ3) is 6.37. The second-order valence-electron chi connectivity index (χ2n) is 7.53. The highest BCUT2D eigenvalue weighted by Gasteiger charge is 2.42. The minimum absolute atomic E-state index is 0.0296. The Morgan fingerprint density at radius 3 is 2.38 bits per heavy atom. The standard InChI is InChI=1S/C15H20N4O2.C6H12O2/c1-5-9-6-10(12(16)20)11(17-7-9)13-18-14(21)15(4,19-13)8(2)3;1-2-3-4-5-6(7)8/h6-8H,5H2,1-4H3,(H2,16,20)(H,18,19,21);2-5H2,1H3,(H,7,8). The molecule has 1 aliphatic rings. The van der Waals surface area contributed by atoms with Crippen molar-refractivity contribution in [2.24, 2.45) is 16.6 Å². The second kappa shape index (κ2) is 10.7. The highest BCUT2D eigenvalue weighted by Crippen LogP contribution is 2.27. The van der Waals surface area contributed by atoms with E-state index in [1.165, 1.54) is 0 Å². The molecular weight excluding hydrogens is 372 g/mol. The fourth-order valence-corrected chi connectivity index (χ4v) is 2.65. The van der Waals surface area contributed by atoms with Crippen molar-refractivity contribution in [3.63, 3.8) is 0 Å². The van der Waals surface area contributed by atoms with Crippen LogP contribution in [0.5, 0.6) is 0 Å². The molecule has 0 fully saturated rings. The number of aliphatic imine (C=N–C) groups is 1. The van der Waals surface area contributed by atoms with E-state index in [1.54, 1.807) is 19.2 Å². The number of primary amides is 1. The van der Waals surface area contributed by atoms with Gasteiger partial charge in [0.2, 0.25) is 0 Å². The number of amides is 2. The monoisotopic (exact) mass is 404 g/mol. The molecule has 1 atom stereocenters. The largest absolute Gasteiger partial charge is 0.481 e. The number of pyridine rings is 1. The van der Waals surface area contributed by atoms with Crippen LogP contribution in [0.15, 0.2) is 17.3 Å². The molecule has 0 aliphatic carbocycles. The van der Waals surface area contributed by atoms with Crippen molar-refractivity contribution >= 4 is 23.6 Å². The molecule has 29 heavy (non-hydrogen) atoms. The molecule has 8 nitrogen and oxygen atoms in total. The predicted molar refractivity (Wildman–Crippen MR) is 112 cm³/mol. The van der Waals surface area contributed by atoms with Crippen molar-refractivity contribution in [2.45, 2.75) is 72.3 Å². The summed E-state index contributed by atoms with van der Waals surface area (Å²) in [6.07, 6.45) is 5.69. The Bertz CT molecular complexity index is 789. The summed E-state index contributed by atoms with van der Waals surface area (Å²) in [6, 6.07) is 1.70. The third-order valence-electron chi connectivity index (χ3n) is 5.00. The van der Waals surface area contributed by atoms with Crippen LogP contribution in [-0.2, 0) is 16.0 Å². The number of nitrogens with one attached hydrogen (secondary N) is 1. The van der Waals surface area contributed by atoms with Crippen molar-refractivity contribution < 1.29 is 19.5 Å². The van der Waals surface area contributed by atoms with E-state index in [9.17, 15) is 14.4 Å². The number of aryl methyl sites for hydroxylation is 1. The molecule has 1 aromatic heterocycles. The maximum atomic E-state index is 12.2. The summed E-state index contributed by atoms with van der Waals surface area (Å²) in [7, 11) is 0. The van der Waals surface area contributed by atoms with Gasteiger partial charge < -0.3 is 16.2 Å². The molecule has 8 heteroatoms. The normalized spacial score (nSPS) is 18.0. The Labute approximate surface area is 172 Å². The number of carbonyl (C=O) groups excluding carboxylic acids is 2. The lowest BCUT2D eigenvalue weighted by atomic mass is 9.89. The van der Waals surface area contributed by atoms with Crippen LogP contribution in [0.2, 0.25) is 0 Å². The van der Waals surface area contributed by atoms with Crippen molar-refractivity contribution in [1.29, 1.82) is 0 Å². The van der Waals surface area contributed by atoms with E-state index < -0.39 is 17.4 Å². The van der Waals surface area contributed by atoms with Gasteiger partial charge in [-0.25, -0.2) is 4.99 Å². The van der Waals surface area contributed by atoms with E-state index in [-0.39, 0.29) is 17.4 Å². The topological polar surface area (TPSA) is 135 Å². The van der Waals surface area contributed by atoms with Gasteiger partial charge in [0, 0.05) is 12.6 Å². The van der Waals surface area contributed by atoms with E-state index in [4.69, 9.17) is 10.8 Å². The van der Waals surface area contributed by atoms with Gasteiger partial charge in [0.1, 0.15) is 11.2 Å². The van der Waals surface area contributed by atoms with Gasteiger partial charge in [0.05, 0.1) is 5.56 Å². The van der Waals surface area contributed by atoms with E-state index >= 15 is 0 Å². The molecule has 0 saturated heterocycles. The van der Waals surface area contributed by atoms with Crippen LogP contribution in [-0.4, -0.2) is 39.2 Å². The summed E-state index contributed by atoms with van der Waals surface area (Å²) >= 11 is 0. The Kier molecular flexibility index (Phi) is 8.94. The molecule has 0 saturated carbocycles. The van der Waals surface area contributed by atoms with Gasteiger partial charge in [-0.05, 0) is 37.3 Å². The number of carboxylic acid groups (broad SMARTS) is 1. The van der Waals surface area contributed by atoms with Gasteiger partial charge in [-0.15, -0.1) is 0 Å². The average Bonchev–Trinajstić information content (AvgIpc) is 2.97. The number of amidine groups is 1. The van der Waals surface area contributed by atoms with E-state index in [1.807, 2.05) is 20.8 Å². The zero-order valence-electron chi connectivity index (χ0n) is 17.9. The summed E-state index contributed by atoms with van der Waals surface area (Å²) in [6.45, 7) is 9.64. The third-order valence-corrected chi connectivity index (χ3v) is 5.00. The summed E-state index contributed by atoms with van der Waals surface area (Å²) in [4.78, 5) is 42.4. The fraction of sp³-hybridized carbons (Fsp3) is 0.571. The number of unbranched alkanes of at least 4 members (excludes halogenated alkanes) is 2. The summed E-state index contributed by atoms with van der Waals surface area (Å²) < 4.78 is 0. The first-order valence-corrected chi connectivity index (χ1v) is 9.98. The number of aromatic nitrogens is 1. The van der Waals surface area contributed by atoms with Gasteiger partial charge in [-0.1, -0.05) is 40.5 Å². The minimum Gasteiger partial charge on any atom is -0.481 e. The van der Waals surface area contributed by atoms with Crippen LogP contribution < -0.4 is 11.1 Å². The fourth-order valence-electron chi connectivity index (χ4n) is 2.65. The zero-order valence-corrected chi connectivity index (χ0v) is 17.9. The predicted octanol–water partition coefficient (Wildman–Crippen LogP) is 2.69. The summed E-state index contributed by atoms with van der Waals surface area (Å²) in [5.41, 5.74) is 6.09. The first-order chi connectivity index (χ1) is 13.6. The molecule has 2 rings (SSSR count). The minimum atomic E-state index is -0.852. The SMILES string of the molecule is CCCCCC(=O)O.CCc1cnc(C2=NC(C)(C(C)C)C(=O)N2)c(C(N)=O)c1. The Balaban J connectivity index is 0.000000447. The highest BCUT2D eigenvalue weighted by atomic mass is 16.4. The quantitative estimate of drug-likeness (QED) is 0.573. The zero-order chi connectivity index (χ0) is 22.2. The number of carboxylic acids is 1. The smallest absolute Gasteiger partial charge is 0.303 e. The van der Waals surface area contributed by atoms with Gasteiger partial charge in [-0.2, -0.15) is 0 Å². The van der Waals surface area contributed by atoms with Gasteiger partial charge in [0.25, 0.3) is 11.8 Å². The van der Waals surface area contributed by atoms with Crippen LogP contribution in [0, 0.1) is 5.92 Å². The van der Waals surface area contributed by atoms with Crippen LogP contribution in [0.4, 0.5) is 0 Å². The number of nitrogens with two attached hydrogens (primary N) is 1. The lowest BCUT2D eigenvalue weighted by molar-refractivity contribution is -0.137. The Hall–Kier alpha value is -2.77. The molecule has 4 N–H and O–H groups in total. The molecule has 2 heterocycles. The number of carbonyl (C=O) groups is 3. The number of hydrogen-bond donors (Lipinski definition) is 3. The molecule has 1 aromatic rings. The van der Waals surface area contributed by atoms with Gasteiger partial charge >= 0.3 is 5.97 Å². The van der Waals surface area contributed by atoms with Crippen molar-refractivity contribution in [2.75, 3.05) is 0 Å². The van der Waals surface area contributed by atoms with Crippen molar-refractivity contribution in [3.05, 3.63) is 29.1 Å². The van der Waals surface area contributed by atoms with Gasteiger partial charge in [0.15, 0.2) is 5.84 Å². The Morgan fingerprint density at radius 2 is 1.93 bits per heavy atom. The van der Waals surface area contributed by atoms with Crippen LogP contribution >= 0.6 is 0 Å². The molecule has 0 aromatic carbocycles. The molecule has 1 aliphatic heterocycles. The lowest BCUT2D eigenvalue weighted by Crippen LogP contribution is -2.41. The molecule has 0 radical (unpaired) electrons. The van der Waals surface area contributed by atoms with Crippen LogP contribution in [0.3, 0.4) is 0 Å². The lowest BCUT2D eigenvalue weighted by Gasteiger charge is -2.21. The molecule has 1 unspecified atom stereocenters. The number of aliphatic carboxylic acids is 1. The molecular formula is C21H32N4O4. The molecule has 0 spiro atoms. The van der Waals surface area contributed by atoms with E-state index in [0.717, 1.165) is 31.2 Å². The molecule has 160 valence electrons. The first kappa shape index (κ1) is 24.3. The van der Waals surface area contributed by atoms with E-state index in [2.05, 4.69) is 22.2 Å². The highest BCUT2D eigenvalue weighted by molar-refractivity contribution is 6.17. The van der Waals surface area contributed by atoms with Crippen LogP contribution in [0.25, 0.3) is 0 Å². The molecule has 0 bridgehead atoms. The number of nitrogens with zero attached hydrogens (tertiary/aromatic N) is 2. The maximum Gasteiger partial charge on any atom is 0.303 e. The van der Waals surface area contributed by atoms with Crippen LogP contribution in [0.1, 0.15) is 81.9 Å². The second-order valence-corrected chi connectivity index (χ2v) is 7.53. The van der Waals surface area contributed by atoms with Crippen molar-refractivity contribution in [3.8, 4) is 0 Å². The number of hydrogen-bond acceptors (Lipinski definition) is 5. The summed E-state index contributed by atoms with van der Waals surface area (Å²) in [5.74, 6) is -1.11. The molecule has 2 amide bonds. The van der Waals surface area contributed by atoms with Crippen molar-refractivity contribution in [1.82, 2.24) is 10.3 Å². The maximum absolute atomic E-state index is 12.2. The van der Waals surface area contributed by atoms with E-state index in [0.29, 0.717) is 18.0 Å². The Morgan fingerprint density at radius 1 is 1.28 bits per heavy atom. The summed E-state index contributed by atoms with van der Waals surface area (Å²) in [5, 5.41) is 10.9. The number of rotatable bonds is 8. The average molecular weight is 405 g/mol. The van der Waals surface area contributed by atoms with Gasteiger partial charge in [-0.3, -0.25) is 19.4 Å². The first-order valence-electron chi connectivity index (χ1n) is 9.98.